The van der Waals surface area contributed by atoms with Gasteiger partial charge in [-0.15, -0.1) is 0 Å². The fourth-order valence-electron chi connectivity index (χ4n) is 3.31. The minimum atomic E-state index is -3.32. The molecule has 7 heteroatoms. The molecule has 1 aromatic rings. The Balaban J connectivity index is 1.83. The van der Waals surface area contributed by atoms with Crippen LogP contribution in [0.2, 0.25) is 0 Å². The molecule has 1 fully saturated rings. The molecule has 0 aromatic heterocycles. The van der Waals surface area contributed by atoms with Crippen LogP contribution in [-0.4, -0.2) is 58.2 Å². The van der Waals surface area contributed by atoms with E-state index in [2.05, 4.69) is 0 Å². The summed E-state index contributed by atoms with van der Waals surface area (Å²) in [7, 11) is -0.275. The fourth-order valence-corrected chi connectivity index (χ4v) is 5.10. The Hall–Kier alpha value is -0.990. The van der Waals surface area contributed by atoms with Gasteiger partial charge >= 0.3 is 0 Å². The van der Waals surface area contributed by atoms with Crippen LogP contribution in [-0.2, 0) is 30.8 Å². The van der Waals surface area contributed by atoms with Crippen LogP contribution in [0.25, 0.3) is 0 Å². The summed E-state index contributed by atoms with van der Waals surface area (Å²) in [6.07, 6.45) is 3.45. The van der Waals surface area contributed by atoms with Crippen molar-refractivity contribution in [3.05, 3.63) is 35.9 Å². The monoisotopic (exact) mass is 385 g/mol. The molecular weight excluding hydrogens is 354 g/mol. The smallest absolute Gasteiger partial charge is 0.214 e. The molecule has 148 valence electrons. The molecule has 1 unspecified atom stereocenters. The van der Waals surface area contributed by atoms with Crippen LogP contribution >= 0.6 is 0 Å². The second-order valence-corrected chi connectivity index (χ2v) is 8.63. The summed E-state index contributed by atoms with van der Waals surface area (Å²) in [5, 5.41) is 0. The number of nitrogens with zero attached hydrogens (tertiary/aromatic N) is 1. The van der Waals surface area contributed by atoms with Crippen molar-refractivity contribution in [2.45, 2.75) is 51.0 Å². The molecule has 0 aliphatic carbocycles. The van der Waals surface area contributed by atoms with Gasteiger partial charge in [-0.1, -0.05) is 36.8 Å². The van der Waals surface area contributed by atoms with Gasteiger partial charge in [-0.3, -0.25) is 0 Å². The van der Waals surface area contributed by atoms with Gasteiger partial charge in [0.05, 0.1) is 12.4 Å². The van der Waals surface area contributed by atoms with Crippen LogP contribution < -0.4 is 0 Å². The van der Waals surface area contributed by atoms with Crippen molar-refractivity contribution >= 4 is 10.0 Å². The summed E-state index contributed by atoms with van der Waals surface area (Å²) in [5.41, 5.74) is 1.13. The zero-order valence-electron chi connectivity index (χ0n) is 15.8. The molecule has 0 radical (unpaired) electrons. The van der Waals surface area contributed by atoms with Gasteiger partial charge in [-0.2, -0.15) is 4.31 Å². The highest BCUT2D eigenvalue weighted by Crippen LogP contribution is 2.24. The van der Waals surface area contributed by atoms with Gasteiger partial charge in [-0.05, 0) is 24.8 Å². The standard InChI is InChI=1S/C19H31NO5S/c1-23-19(24-2)12-15-26(21,22)20-13-7-6-10-18(20)11-14-25-16-17-8-4-3-5-9-17/h3-5,8-9,18-19H,6-7,10-16H2,1-2H3. The van der Waals surface area contributed by atoms with E-state index in [0.717, 1.165) is 31.2 Å². The minimum absolute atomic E-state index is 0.0214. The maximum Gasteiger partial charge on any atom is 0.214 e. The number of rotatable bonds is 11. The third-order valence-electron chi connectivity index (χ3n) is 4.77. The van der Waals surface area contributed by atoms with E-state index in [1.165, 1.54) is 14.2 Å². The first-order chi connectivity index (χ1) is 12.6. The van der Waals surface area contributed by atoms with Gasteiger partial charge in [0.25, 0.3) is 0 Å². The predicted octanol–water partition coefficient (Wildman–Crippen LogP) is 2.79. The predicted molar refractivity (Wildman–Crippen MR) is 101 cm³/mol. The minimum Gasteiger partial charge on any atom is -0.377 e. The molecule has 0 amide bonds. The molecule has 0 spiro atoms. The lowest BCUT2D eigenvalue weighted by Crippen LogP contribution is -2.45. The van der Waals surface area contributed by atoms with Crippen molar-refractivity contribution in [2.24, 2.45) is 0 Å². The summed E-state index contributed by atoms with van der Waals surface area (Å²) in [6, 6.07) is 10.0. The topological polar surface area (TPSA) is 65.1 Å². The Morgan fingerprint density at radius 3 is 2.58 bits per heavy atom. The molecule has 26 heavy (non-hydrogen) atoms. The quantitative estimate of drug-likeness (QED) is 0.433. The molecule has 1 heterocycles. The summed E-state index contributed by atoms with van der Waals surface area (Å²) in [6.45, 7) is 1.71. The molecule has 6 nitrogen and oxygen atoms in total. The Bertz CT molecular complexity index is 604. The third kappa shape index (κ3) is 6.63. The average molecular weight is 386 g/mol. The number of ether oxygens (including phenoxy) is 3. The molecule has 1 atom stereocenters. The maximum atomic E-state index is 12.8. The second kappa shape index (κ2) is 11.0. The number of sulfonamides is 1. The molecule has 0 N–H and O–H groups in total. The summed E-state index contributed by atoms with van der Waals surface area (Å²) in [5.74, 6) is 0.0424. The van der Waals surface area contributed by atoms with E-state index in [-0.39, 0.29) is 11.8 Å². The van der Waals surface area contributed by atoms with Gasteiger partial charge in [-0.25, -0.2) is 8.42 Å². The lowest BCUT2D eigenvalue weighted by molar-refractivity contribution is -0.102. The van der Waals surface area contributed by atoms with Crippen LogP contribution in [0.4, 0.5) is 0 Å². The van der Waals surface area contributed by atoms with Crippen molar-refractivity contribution in [2.75, 3.05) is 33.1 Å². The van der Waals surface area contributed by atoms with Crippen LogP contribution in [0.1, 0.15) is 37.7 Å². The number of piperidine rings is 1. The zero-order valence-corrected chi connectivity index (χ0v) is 16.6. The highest BCUT2D eigenvalue weighted by Gasteiger charge is 2.32. The van der Waals surface area contributed by atoms with Crippen LogP contribution in [0.15, 0.2) is 30.3 Å². The van der Waals surface area contributed by atoms with Crippen LogP contribution in [0, 0.1) is 0 Å². The molecule has 0 bridgehead atoms. The Kier molecular flexibility index (Phi) is 9.01. The van der Waals surface area contributed by atoms with Crippen molar-refractivity contribution < 1.29 is 22.6 Å². The highest BCUT2D eigenvalue weighted by molar-refractivity contribution is 7.89. The fraction of sp³-hybridized carbons (Fsp3) is 0.684. The van der Waals surface area contributed by atoms with Gasteiger partial charge in [0.2, 0.25) is 10.0 Å². The van der Waals surface area contributed by atoms with Gasteiger partial charge in [0.1, 0.15) is 0 Å². The van der Waals surface area contributed by atoms with Crippen molar-refractivity contribution in [3.63, 3.8) is 0 Å². The van der Waals surface area contributed by atoms with E-state index in [4.69, 9.17) is 14.2 Å². The molecular formula is C19H31NO5S. The Labute approximate surface area is 157 Å². The highest BCUT2D eigenvalue weighted by atomic mass is 32.2. The first-order valence-corrected chi connectivity index (χ1v) is 10.8. The zero-order chi connectivity index (χ0) is 18.8. The van der Waals surface area contributed by atoms with E-state index in [1.807, 2.05) is 30.3 Å². The van der Waals surface area contributed by atoms with Crippen LogP contribution in [0.3, 0.4) is 0 Å². The van der Waals surface area contributed by atoms with Crippen LogP contribution in [0.5, 0.6) is 0 Å². The van der Waals surface area contributed by atoms with Gasteiger partial charge in [0.15, 0.2) is 6.29 Å². The molecule has 1 saturated heterocycles. The van der Waals surface area contributed by atoms with E-state index < -0.39 is 16.3 Å². The van der Waals surface area contributed by atoms with E-state index in [0.29, 0.717) is 26.2 Å². The SMILES string of the molecule is COC(CCS(=O)(=O)N1CCCCC1CCOCc1ccccc1)OC. The largest absolute Gasteiger partial charge is 0.377 e. The summed E-state index contributed by atoms with van der Waals surface area (Å²) >= 11 is 0. The van der Waals surface area contributed by atoms with Gasteiger partial charge < -0.3 is 14.2 Å². The maximum absolute atomic E-state index is 12.8. The number of hydrogen-bond acceptors (Lipinski definition) is 5. The molecule has 0 saturated carbocycles. The number of methoxy groups -OCH3 is 2. The number of hydrogen-bond donors (Lipinski definition) is 0. The lowest BCUT2D eigenvalue weighted by atomic mass is 10.0. The third-order valence-corrected chi connectivity index (χ3v) is 6.72. The molecule has 1 aliphatic heterocycles. The number of benzene rings is 1. The Morgan fingerprint density at radius 1 is 1.15 bits per heavy atom. The second-order valence-electron chi connectivity index (χ2n) is 6.59. The van der Waals surface area contributed by atoms with Gasteiger partial charge in [0, 0.05) is 39.8 Å². The lowest BCUT2D eigenvalue weighted by Gasteiger charge is -2.35. The first-order valence-electron chi connectivity index (χ1n) is 9.23. The van der Waals surface area contributed by atoms with Crippen molar-refractivity contribution in [3.8, 4) is 0 Å². The molecule has 1 aromatic carbocycles. The van der Waals surface area contributed by atoms with E-state index >= 15 is 0 Å². The molecule has 1 aliphatic rings. The molecule has 2 rings (SSSR count). The average Bonchev–Trinajstić information content (AvgIpc) is 2.67. The van der Waals surface area contributed by atoms with E-state index in [1.54, 1.807) is 4.31 Å². The Morgan fingerprint density at radius 2 is 1.88 bits per heavy atom. The summed E-state index contributed by atoms with van der Waals surface area (Å²) < 4.78 is 43.2. The van der Waals surface area contributed by atoms with E-state index in [9.17, 15) is 8.42 Å². The van der Waals surface area contributed by atoms with Crippen molar-refractivity contribution in [1.82, 2.24) is 4.31 Å². The normalized spacial score (nSPS) is 19.1. The first kappa shape index (κ1) is 21.3. The summed E-state index contributed by atoms with van der Waals surface area (Å²) in [4.78, 5) is 0. The van der Waals surface area contributed by atoms with Crippen molar-refractivity contribution in [1.29, 1.82) is 0 Å².